The Hall–Kier alpha value is -1.73. The first-order chi connectivity index (χ1) is 9.10. The number of hydrogen-bond acceptors (Lipinski definition) is 4. The molecule has 0 spiro atoms. The van der Waals surface area contributed by atoms with Crippen LogP contribution >= 0.6 is 0 Å². The van der Waals surface area contributed by atoms with Gasteiger partial charge in [-0.1, -0.05) is 19.9 Å². The van der Waals surface area contributed by atoms with Crippen molar-refractivity contribution in [3.8, 4) is 17.6 Å². The van der Waals surface area contributed by atoms with Gasteiger partial charge in [0.2, 0.25) is 6.79 Å². The second-order valence-corrected chi connectivity index (χ2v) is 5.36. The maximum atomic E-state index is 9.13. The Morgan fingerprint density at radius 1 is 1.32 bits per heavy atom. The molecule has 1 heterocycles. The van der Waals surface area contributed by atoms with Gasteiger partial charge in [-0.05, 0) is 30.7 Å². The fourth-order valence-corrected chi connectivity index (χ4v) is 2.15. The summed E-state index contributed by atoms with van der Waals surface area (Å²) in [7, 11) is 2.04. The first-order valence-corrected chi connectivity index (χ1v) is 6.57. The summed E-state index contributed by atoms with van der Waals surface area (Å²) >= 11 is 0. The second-order valence-electron chi connectivity index (χ2n) is 5.36. The van der Waals surface area contributed by atoms with Crippen LogP contribution in [0.2, 0.25) is 0 Å². The SMILES string of the molecule is CC(C)C(C#N)CN(C)Cc1ccc2c(c1)OCO2. The van der Waals surface area contributed by atoms with Crippen LogP contribution in [0.15, 0.2) is 18.2 Å². The molecule has 0 N–H and O–H groups in total. The largest absolute Gasteiger partial charge is 0.454 e. The summed E-state index contributed by atoms with van der Waals surface area (Å²) < 4.78 is 10.7. The quantitative estimate of drug-likeness (QED) is 0.816. The third-order valence-corrected chi connectivity index (χ3v) is 3.37. The molecule has 1 aromatic carbocycles. The molecule has 1 aliphatic heterocycles. The fourth-order valence-electron chi connectivity index (χ4n) is 2.15. The molecule has 1 aliphatic rings. The van der Waals surface area contributed by atoms with Crippen molar-refractivity contribution in [2.75, 3.05) is 20.4 Å². The van der Waals surface area contributed by atoms with E-state index in [1.165, 1.54) is 5.56 Å². The molecule has 0 bridgehead atoms. The van der Waals surface area contributed by atoms with Gasteiger partial charge in [0.05, 0.1) is 12.0 Å². The first-order valence-electron chi connectivity index (χ1n) is 6.57. The van der Waals surface area contributed by atoms with Gasteiger partial charge in [-0.3, -0.25) is 0 Å². The molecule has 19 heavy (non-hydrogen) atoms. The van der Waals surface area contributed by atoms with E-state index in [9.17, 15) is 0 Å². The topological polar surface area (TPSA) is 45.5 Å². The van der Waals surface area contributed by atoms with Crippen LogP contribution in [-0.2, 0) is 6.54 Å². The first kappa shape index (κ1) is 13.7. The summed E-state index contributed by atoms with van der Waals surface area (Å²) in [5.41, 5.74) is 1.17. The van der Waals surface area contributed by atoms with E-state index in [0.29, 0.717) is 12.7 Å². The molecule has 0 aromatic heterocycles. The smallest absolute Gasteiger partial charge is 0.231 e. The lowest BCUT2D eigenvalue weighted by Gasteiger charge is -2.22. The Labute approximate surface area is 114 Å². The molecule has 1 unspecified atom stereocenters. The van der Waals surface area contributed by atoms with Gasteiger partial charge in [0.15, 0.2) is 11.5 Å². The summed E-state index contributed by atoms with van der Waals surface area (Å²) in [5, 5.41) is 9.13. The van der Waals surface area contributed by atoms with Gasteiger partial charge < -0.3 is 14.4 Å². The zero-order valence-corrected chi connectivity index (χ0v) is 11.7. The van der Waals surface area contributed by atoms with Crippen LogP contribution in [0.5, 0.6) is 11.5 Å². The zero-order chi connectivity index (χ0) is 13.8. The highest BCUT2D eigenvalue weighted by Gasteiger charge is 2.17. The summed E-state index contributed by atoms with van der Waals surface area (Å²) in [5.74, 6) is 2.07. The molecule has 2 rings (SSSR count). The summed E-state index contributed by atoms with van der Waals surface area (Å²) in [6.45, 7) is 6.06. The number of ether oxygens (including phenoxy) is 2. The molecule has 0 saturated carbocycles. The highest BCUT2D eigenvalue weighted by molar-refractivity contribution is 5.44. The Morgan fingerprint density at radius 3 is 2.74 bits per heavy atom. The van der Waals surface area contributed by atoms with Crippen molar-refractivity contribution in [3.63, 3.8) is 0 Å². The second kappa shape index (κ2) is 5.94. The molecule has 1 atom stereocenters. The number of hydrogen-bond donors (Lipinski definition) is 0. The number of benzene rings is 1. The van der Waals surface area contributed by atoms with E-state index < -0.39 is 0 Å². The van der Waals surface area contributed by atoms with Crippen LogP contribution in [0.3, 0.4) is 0 Å². The van der Waals surface area contributed by atoms with Gasteiger partial charge >= 0.3 is 0 Å². The lowest BCUT2D eigenvalue weighted by molar-refractivity contribution is 0.174. The highest BCUT2D eigenvalue weighted by Crippen LogP contribution is 2.32. The number of fused-ring (bicyclic) bond motifs is 1. The fraction of sp³-hybridized carbons (Fsp3) is 0.533. The van der Waals surface area contributed by atoms with Gasteiger partial charge in [0.1, 0.15) is 0 Å². The summed E-state index contributed by atoms with van der Waals surface area (Å²) in [4.78, 5) is 2.17. The number of nitriles is 1. The van der Waals surface area contributed by atoms with E-state index in [1.807, 2.05) is 25.2 Å². The molecule has 102 valence electrons. The van der Waals surface area contributed by atoms with E-state index in [4.69, 9.17) is 14.7 Å². The minimum atomic E-state index is 0.0685. The summed E-state index contributed by atoms with van der Waals surface area (Å²) in [6.07, 6.45) is 0. The third-order valence-electron chi connectivity index (χ3n) is 3.37. The zero-order valence-electron chi connectivity index (χ0n) is 11.7. The predicted molar refractivity (Wildman–Crippen MR) is 72.8 cm³/mol. The van der Waals surface area contributed by atoms with Crippen LogP contribution in [0.25, 0.3) is 0 Å². The predicted octanol–water partition coefficient (Wildman–Crippen LogP) is 2.64. The minimum absolute atomic E-state index is 0.0685. The lowest BCUT2D eigenvalue weighted by atomic mass is 9.97. The van der Waals surface area contributed by atoms with Crippen molar-refractivity contribution >= 4 is 0 Å². The van der Waals surface area contributed by atoms with E-state index >= 15 is 0 Å². The monoisotopic (exact) mass is 260 g/mol. The van der Waals surface area contributed by atoms with Gasteiger partial charge in [-0.2, -0.15) is 5.26 Å². The highest BCUT2D eigenvalue weighted by atomic mass is 16.7. The molecule has 0 fully saturated rings. The molecule has 0 radical (unpaired) electrons. The van der Waals surface area contributed by atoms with Crippen LogP contribution in [0.1, 0.15) is 19.4 Å². The number of rotatable bonds is 5. The Morgan fingerprint density at radius 2 is 2.05 bits per heavy atom. The lowest BCUT2D eigenvalue weighted by Crippen LogP contribution is -2.27. The normalized spacial score (nSPS) is 14.7. The van der Waals surface area contributed by atoms with E-state index in [2.05, 4.69) is 24.8 Å². The molecule has 1 aromatic rings. The number of nitrogens with zero attached hydrogens (tertiary/aromatic N) is 2. The van der Waals surface area contributed by atoms with Gasteiger partial charge in [-0.15, -0.1) is 0 Å². The Kier molecular flexibility index (Phi) is 4.28. The van der Waals surface area contributed by atoms with Crippen molar-refractivity contribution in [2.24, 2.45) is 11.8 Å². The minimum Gasteiger partial charge on any atom is -0.454 e. The van der Waals surface area contributed by atoms with Crippen molar-refractivity contribution in [1.29, 1.82) is 5.26 Å². The van der Waals surface area contributed by atoms with Crippen LogP contribution in [0.4, 0.5) is 0 Å². The molecule has 4 heteroatoms. The van der Waals surface area contributed by atoms with E-state index in [0.717, 1.165) is 24.6 Å². The third kappa shape index (κ3) is 3.39. The Bertz CT molecular complexity index is 480. The average molecular weight is 260 g/mol. The molecule has 4 nitrogen and oxygen atoms in total. The van der Waals surface area contributed by atoms with Crippen LogP contribution in [0, 0.1) is 23.2 Å². The van der Waals surface area contributed by atoms with Crippen molar-refractivity contribution in [1.82, 2.24) is 4.90 Å². The standard InChI is InChI=1S/C15H20N2O2/c1-11(2)13(7-16)9-17(3)8-12-4-5-14-15(6-12)19-10-18-14/h4-6,11,13H,8-10H2,1-3H3. The molecular formula is C15H20N2O2. The van der Waals surface area contributed by atoms with Gasteiger partial charge in [0.25, 0.3) is 0 Å². The average Bonchev–Trinajstić information content (AvgIpc) is 2.82. The maximum Gasteiger partial charge on any atom is 0.231 e. The van der Waals surface area contributed by atoms with Gasteiger partial charge in [-0.25, -0.2) is 0 Å². The van der Waals surface area contributed by atoms with Crippen molar-refractivity contribution in [3.05, 3.63) is 23.8 Å². The van der Waals surface area contributed by atoms with Crippen LogP contribution < -0.4 is 9.47 Å². The summed E-state index contributed by atoms with van der Waals surface area (Å²) in [6, 6.07) is 8.37. The van der Waals surface area contributed by atoms with E-state index in [-0.39, 0.29) is 5.92 Å². The van der Waals surface area contributed by atoms with Crippen molar-refractivity contribution < 1.29 is 9.47 Å². The van der Waals surface area contributed by atoms with Crippen molar-refractivity contribution in [2.45, 2.75) is 20.4 Å². The molecular weight excluding hydrogens is 240 g/mol. The Balaban J connectivity index is 1.95. The molecule has 0 amide bonds. The molecule has 0 saturated heterocycles. The van der Waals surface area contributed by atoms with E-state index in [1.54, 1.807) is 0 Å². The van der Waals surface area contributed by atoms with Gasteiger partial charge in [0, 0.05) is 13.1 Å². The maximum absolute atomic E-state index is 9.13. The van der Waals surface area contributed by atoms with Crippen LogP contribution in [-0.4, -0.2) is 25.3 Å². The molecule has 0 aliphatic carbocycles.